The van der Waals surface area contributed by atoms with Gasteiger partial charge in [0.15, 0.2) is 6.10 Å². The van der Waals surface area contributed by atoms with E-state index in [1.54, 1.807) is 31.8 Å². The molecule has 0 N–H and O–H groups in total. The lowest BCUT2D eigenvalue weighted by molar-refractivity contribution is -0.149. The predicted molar refractivity (Wildman–Crippen MR) is 162 cm³/mol. The number of ether oxygens (including phenoxy) is 3. The maximum atomic E-state index is 13.9. The number of esters is 2. The van der Waals surface area contributed by atoms with Gasteiger partial charge in [-0.25, -0.2) is 9.78 Å². The van der Waals surface area contributed by atoms with Crippen LogP contribution in [0.1, 0.15) is 62.7 Å². The molecule has 1 heterocycles. The van der Waals surface area contributed by atoms with Crippen molar-refractivity contribution in [1.82, 2.24) is 9.55 Å². The van der Waals surface area contributed by atoms with E-state index in [9.17, 15) is 9.59 Å². The summed E-state index contributed by atoms with van der Waals surface area (Å²) in [6.45, 7) is 7.71. The smallest absolute Gasteiger partial charge is 0.337 e. The normalized spacial score (nSPS) is 12.5. The molecule has 0 amide bonds. The molecule has 0 spiro atoms. The molecule has 0 radical (unpaired) electrons. The molecule has 4 aromatic carbocycles. The zero-order chi connectivity index (χ0) is 30.0. The molecule has 0 aliphatic carbocycles. The molecule has 42 heavy (non-hydrogen) atoms. The zero-order valence-electron chi connectivity index (χ0n) is 24.7. The van der Waals surface area contributed by atoms with Gasteiger partial charge in [0.25, 0.3) is 0 Å². The number of fused-ring (bicyclic) bond motifs is 1. The Hall–Kier alpha value is -4.91. The van der Waals surface area contributed by atoms with Gasteiger partial charge in [0, 0.05) is 29.2 Å². The average molecular weight is 563 g/mol. The van der Waals surface area contributed by atoms with Crippen molar-refractivity contribution in [2.45, 2.75) is 39.7 Å². The molecule has 0 aliphatic heterocycles. The molecule has 0 fully saturated rings. The topological polar surface area (TPSA) is 79.6 Å². The van der Waals surface area contributed by atoms with E-state index in [0.717, 1.165) is 55.6 Å². The van der Waals surface area contributed by atoms with Crippen LogP contribution in [-0.4, -0.2) is 35.7 Å². The van der Waals surface area contributed by atoms with Crippen LogP contribution in [0.2, 0.25) is 0 Å². The summed E-state index contributed by atoms with van der Waals surface area (Å²) in [7, 11) is 3.00. The molecule has 214 valence electrons. The van der Waals surface area contributed by atoms with Crippen molar-refractivity contribution < 1.29 is 23.8 Å². The third-order valence-electron chi connectivity index (χ3n) is 7.78. The van der Waals surface area contributed by atoms with Gasteiger partial charge in [-0.15, -0.1) is 0 Å². The van der Waals surface area contributed by atoms with Crippen LogP contribution >= 0.6 is 0 Å². The van der Waals surface area contributed by atoms with Crippen LogP contribution in [0.3, 0.4) is 0 Å². The second-order valence-electron chi connectivity index (χ2n) is 10.5. The highest BCUT2D eigenvalue weighted by molar-refractivity contribution is 5.90. The summed E-state index contributed by atoms with van der Waals surface area (Å²) in [5.74, 6) is -0.507. The zero-order valence-corrected chi connectivity index (χ0v) is 24.7. The SMILES string of the molecule is COC(=O)c1cc(C)c(C(OC(=O)[C@@H](C)c2ccc3cc(OC)ccc3c2)c2cc(-n3ccnc3)ccc2C)c(C)c1. The van der Waals surface area contributed by atoms with Gasteiger partial charge in [0.05, 0.1) is 32.0 Å². The summed E-state index contributed by atoms with van der Waals surface area (Å²) in [5, 5.41) is 2.04. The number of rotatable bonds is 8. The molecular weight excluding hydrogens is 528 g/mol. The van der Waals surface area contributed by atoms with E-state index in [2.05, 4.69) is 4.98 Å². The van der Waals surface area contributed by atoms with Gasteiger partial charge in [-0.1, -0.05) is 30.3 Å². The van der Waals surface area contributed by atoms with Gasteiger partial charge in [-0.05, 0) is 97.1 Å². The van der Waals surface area contributed by atoms with Crippen molar-refractivity contribution in [2.24, 2.45) is 0 Å². The Labute approximate surface area is 245 Å². The molecule has 5 rings (SSSR count). The van der Waals surface area contributed by atoms with Crippen molar-refractivity contribution in [3.05, 3.63) is 124 Å². The highest BCUT2D eigenvalue weighted by Gasteiger charge is 2.29. The van der Waals surface area contributed by atoms with E-state index in [0.29, 0.717) is 5.56 Å². The second-order valence-corrected chi connectivity index (χ2v) is 10.5. The summed E-state index contributed by atoms with van der Waals surface area (Å²) in [6, 6.07) is 21.4. The van der Waals surface area contributed by atoms with Crippen LogP contribution in [0, 0.1) is 20.8 Å². The van der Waals surface area contributed by atoms with Crippen LogP contribution in [-0.2, 0) is 14.3 Å². The summed E-state index contributed by atoms with van der Waals surface area (Å²) in [4.78, 5) is 30.4. The van der Waals surface area contributed by atoms with Crippen LogP contribution < -0.4 is 4.74 Å². The Morgan fingerprint density at radius 2 is 1.55 bits per heavy atom. The van der Waals surface area contributed by atoms with Gasteiger partial charge >= 0.3 is 11.9 Å². The van der Waals surface area contributed by atoms with Gasteiger partial charge in [0.2, 0.25) is 0 Å². The highest BCUT2D eigenvalue weighted by atomic mass is 16.5. The molecule has 0 saturated carbocycles. The third kappa shape index (κ3) is 5.63. The Morgan fingerprint density at radius 1 is 0.833 bits per heavy atom. The Balaban J connectivity index is 1.57. The molecule has 2 atom stereocenters. The Morgan fingerprint density at radius 3 is 2.21 bits per heavy atom. The number of carbonyl (C=O) groups excluding carboxylic acids is 2. The molecule has 1 aromatic heterocycles. The van der Waals surface area contributed by atoms with Crippen molar-refractivity contribution in [2.75, 3.05) is 14.2 Å². The first-order chi connectivity index (χ1) is 20.2. The largest absolute Gasteiger partial charge is 0.497 e. The summed E-state index contributed by atoms with van der Waals surface area (Å²) >= 11 is 0. The third-order valence-corrected chi connectivity index (χ3v) is 7.78. The Kier molecular flexibility index (Phi) is 8.11. The first-order valence-electron chi connectivity index (χ1n) is 13.8. The number of nitrogens with zero attached hydrogens (tertiary/aromatic N) is 2. The molecular formula is C35H34N2O5. The lowest BCUT2D eigenvalue weighted by atomic mass is 9.89. The van der Waals surface area contributed by atoms with E-state index in [1.807, 2.05) is 93.1 Å². The number of carbonyl (C=O) groups is 2. The first kappa shape index (κ1) is 28.6. The minimum Gasteiger partial charge on any atom is -0.497 e. The minimum atomic E-state index is -0.708. The second kappa shape index (κ2) is 11.9. The minimum absolute atomic E-state index is 0.351. The maximum absolute atomic E-state index is 13.9. The van der Waals surface area contributed by atoms with Crippen molar-refractivity contribution in [1.29, 1.82) is 0 Å². The van der Waals surface area contributed by atoms with Gasteiger partial charge in [0.1, 0.15) is 5.75 Å². The fourth-order valence-corrected chi connectivity index (χ4v) is 5.38. The molecule has 1 unspecified atom stereocenters. The lowest BCUT2D eigenvalue weighted by Crippen LogP contribution is -2.20. The van der Waals surface area contributed by atoms with Crippen LogP contribution in [0.25, 0.3) is 16.5 Å². The van der Waals surface area contributed by atoms with Crippen LogP contribution in [0.15, 0.2) is 85.5 Å². The number of aryl methyl sites for hydroxylation is 3. The molecule has 7 heteroatoms. The first-order valence-corrected chi connectivity index (χ1v) is 13.8. The maximum Gasteiger partial charge on any atom is 0.337 e. The number of hydrogen-bond donors (Lipinski definition) is 0. The predicted octanol–water partition coefficient (Wildman–Crippen LogP) is 7.18. The van der Waals surface area contributed by atoms with E-state index in [4.69, 9.17) is 14.2 Å². The van der Waals surface area contributed by atoms with E-state index in [1.165, 1.54) is 7.11 Å². The van der Waals surface area contributed by atoms with Gasteiger partial charge in [-0.3, -0.25) is 4.79 Å². The molecule has 0 saturated heterocycles. The van der Waals surface area contributed by atoms with Gasteiger partial charge < -0.3 is 18.8 Å². The van der Waals surface area contributed by atoms with Crippen LogP contribution in [0.4, 0.5) is 0 Å². The van der Waals surface area contributed by atoms with Crippen molar-refractivity contribution >= 4 is 22.7 Å². The van der Waals surface area contributed by atoms with Crippen LogP contribution in [0.5, 0.6) is 5.75 Å². The van der Waals surface area contributed by atoms with E-state index >= 15 is 0 Å². The molecule has 0 bridgehead atoms. The Bertz CT molecular complexity index is 1750. The average Bonchev–Trinajstić information content (AvgIpc) is 3.54. The molecule has 0 aliphatic rings. The van der Waals surface area contributed by atoms with E-state index in [-0.39, 0.29) is 5.97 Å². The monoisotopic (exact) mass is 562 g/mol. The number of benzene rings is 4. The number of aromatic nitrogens is 2. The fraction of sp³-hybridized carbons (Fsp3) is 0.229. The quantitative estimate of drug-likeness (QED) is 0.186. The standard InChI is InChI=1S/C35H34N2O5/c1-21-7-11-29(37-14-13-36-20-37)19-31(21)33(32-22(2)15-28(16-23(32)3)35(39)41-6)42-34(38)24(4)25-8-9-27-18-30(40-5)12-10-26(27)17-25/h7-20,24,33H,1-6H3/t24-,33?/m0/s1. The molecule has 7 nitrogen and oxygen atoms in total. The van der Waals surface area contributed by atoms with Crippen molar-refractivity contribution in [3.63, 3.8) is 0 Å². The summed E-state index contributed by atoms with van der Waals surface area (Å²) in [5.41, 5.74) is 6.51. The molecule has 5 aromatic rings. The highest BCUT2D eigenvalue weighted by Crippen LogP contribution is 2.37. The lowest BCUT2D eigenvalue weighted by Gasteiger charge is -2.26. The number of imidazole rings is 1. The van der Waals surface area contributed by atoms with E-state index < -0.39 is 18.0 Å². The van der Waals surface area contributed by atoms with Gasteiger partial charge in [-0.2, -0.15) is 0 Å². The number of methoxy groups -OCH3 is 2. The fourth-order valence-electron chi connectivity index (χ4n) is 5.38. The summed E-state index contributed by atoms with van der Waals surface area (Å²) in [6.07, 6.45) is 4.61. The van der Waals surface area contributed by atoms with Crippen molar-refractivity contribution in [3.8, 4) is 11.4 Å². The number of hydrogen-bond acceptors (Lipinski definition) is 6. The summed E-state index contributed by atoms with van der Waals surface area (Å²) < 4.78 is 18.6.